The number of nitrogens with one attached hydrogen (secondary N) is 1. The molecule has 0 saturated heterocycles. The third-order valence-electron chi connectivity index (χ3n) is 3.08. The maximum atomic E-state index is 12.2. The molecule has 1 amide bonds. The molecule has 110 valence electrons. The Balaban J connectivity index is 2.24. The Morgan fingerprint density at radius 2 is 1.95 bits per heavy atom. The zero-order valence-corrected chi connectivity index (χ0v) is 12.5. The van der Waals surface area contributed by atoms with Crippen LogP contribution in [-0.2, 0) is 4.79 Å². The van der Waals surface area contributed by atoms with Gasteiger partial charge in [0.05, 0.1) is 12.8 Å². The van der Waals surface area contributed by atoms with Gasteiger partial charge < -0.3 is 10.1 Å². The molecule has 2 aromatic carbocycles. The highest BCUT2D eigenvalue weighted by atomic mass is 16.5. The molecule has 2 rings (SSSR count). The Kier molecular flexibility index (Phi) is 4.94. The Morgan fingerprint density at radius 1 is 1.23 bits per heavy atom. The molecule has 0 saturated carbocycles. The fraction of sp³-hybridized carbons (Fsp3) is 0.111. The van der Waals surface area contributed by atoms with Crippen LogP contribution in [0.4, 0.5) is 5.69 Å². The summed E-state index contributed by atoms with van der Waals surface area (Å²) < 4.78 is 5.24. The first kappa shape index (κ1) is 15.3. The summed E-state index contributed by atoms with van der Waals surface area (Å²) in [4.78, 5) is 12.2. The van der Waals surface area contributed by atoms with Crippen LogP contribution >= 0.6 is 0 Å². The number of hydrogen-bond donors (Lipinski definition) is 1. The second-order valence-electron chi connectivity index (χ2n) is 4.74. The molecule has 0 aromatic heterocycles. The number of carbonyl (C=O) groups is 1. The fourth-order valence-electron chi connectivity index (χ4n) is 1.96. The first-order chi connectivity index (χ1) is 10.6. The lowest BCUT2D eigenvalue weighted by atomic mass is 10.1. The number of aryl methyl sites for hydroxylation is 1. The van der Waals surface area contributed by atoms with Crippen molar-refractivity contribution in [1.29, 1.82) is 5.26 Å². The number of ether oxygens (including phenoxy) is 1. The number of hydrogen-bond acceptors (Lipinski definition) is 3. The zero-order valence-electron chi connectivity index (χ0n) is 12.5. The van der Waals surface area contributed by atoms with Crippen LogP contribution in [0.15, 0.2) is 54.1 Å². The zero-order chi connectivity index (χ0) is 15.9. The summed E-state index contributed by atoms with van der Waals surface area (Å²) in [6.07, 6.45) is 1.55. The number of anilines is 1. The SMILES string of the molecule is COc1cc(C)ccc1NC(=O)C(C#N)=Cc1ccccc1. The number of nitrogens with zero attached hydrogens (tertiary/aromatic N) is 1. The molecular weight excluding hydrogens is 276 g/mol. The van der Waals surface area contributed by atoms with Crippen molar-refractivity contribution in [2.75, 3.05) is 12.4 Å². The number of benzene rings is 2. The summed E-state index contributed by atoms with van der Waals surface area (Å²) in [5, 5.41) is 11.9. The predicted molar refractivity (Wildman–Crippen MR) is 86.4 cm³/mol. The topological polar surface area (TPSA) is 62.1 Å². The van der Waals surface area contributed by atoms with Crippen molar-refractivity contribution in [2.45, 2.75) is 6.92 Å². The predicted octanol–water partition coefficient (Wildman–Crippen LogP) is 3.55. The standard InChI is InChI=1S/C18H16N2O2/c1-13-8-9-16(17(10-13)22-2)20-18(21)15(12-19)11-14-6-4-3-5-7-14/h3-11H,1-2H3,(H,20,21). The number of amides is 1. The third-order valence-corrected chi connectivity index (χ3v) is 3.08. The van der Waals surface area contributed by atoms with Crippen molar-refractivity contribution in [3.8, 4) is 11.8 Å². The molecule has 0 spiro atoms. The highest BCUT2D eigenvalue weighted by molar-refractivity contribution is 6.10. The van der Waals surface area contributed by atoms with E-state index in [1.165, 1.54) is 7.11 Å². The Labute approximate surface area is 129 Å². The van der Waals surface area contributed by atoms with E-state index in [1.807, 2.05) is 55.5 Å². The second kappa shape index (κ2) is 7.09. The van der Waals surface area contributed by atoms with E-state index in [-0.39, 0.29) is 5.57 Å². The molecule has 4 heteroatoms. The van der Waals surface area contributed by atoms with E-state index in [0.717, 1.165) is 11.1 Å². The van der Waals surface area contributed by atoms with Crippen LogP contribution in [0, 0.1) is 18.3 Å². The summed E-state index contributed by atoms with van der Waals surface area (Å²) in [5.74, 6) is 0.0962. The van der Waals surface area contributed by atoms with E-state index in [1.54, 1.807) is 12.1 Å². The van der Waals surface area contributed by atoms with Gasteiger partial charge in [-0.2, -0.15) is 5.26 Å². The Hall–Kier alpha value is -3.06. The van der Waals surface area contributed by atoms with E-state index in [0.29, 0.717) is 11.4 Å². The number of nitriles is 1. The maximum Gasteiger partial charge on any atom is 0.266 e. The minimum Gasteiger partial charge on any atom is -0.495 e. The highest BCUT2D eigenvalue weighted by Crippen LogP contribution is 2.25. The van der Waals surface area contributed by atoms with Crippen molar-refractivity contribution < 1.29 is 9.53 Å². The quantitative estimate of drug-likeness (QED) is 0.692. The molecule has 0 aliphatic carbocycles. The summed E-state index contributed by atoms with van der Waals surface area (Å²) >= 11 is 0. The van der Waals surface area contributed by atoms with Gasteiger partial charge >= 0.3 is 0 Å². The molecule has 0 heterocycles. The van der Waals surface area contributed by atoms with Crippen LogP contribution in [0.5, 0.6) is 5.75 Å². The first-order valence-electron chi connectivity index (χ1n) is 6.77. The maximum absolute atomic E-state index is 12.2. The van der Waals surface area contributed by atoms with E-state index < -0.39 is 5.91 Å². The molecule has 2 aromatic rings. The van der Waals surface area contributed by atoms with Gasteiger partial charge in [0, 0.05) is 0 Å². The molecule has 4 nitrogen and oxygen atoms in total. The van der Waals surface area contributed by atoms with Crippen LogP contribution in [0.3, 0.4) is 0 Å². The lowest BCUT2D eigenvalue weighted by Gasteiger charge is -2.10. The summed E-state index contributed by atoms with van der Waals surface area (Å²) in [6, 6.07) is 16.6. The average Bonchev–Trinajstić information content (AvgIpc) is 2.55. The van der Waals surface area contributed by atoms with Gasteiger partial charge in [-0.25, -0.2) is 0 Å². The molecular formula is C18H16N2O2. The van der Waals surface area contributed by atoms with Crippen LogP contribution in [0.1, 0.15) is 11.1 Å². The minimum atomic E-state index is -0.464. The normalized spacial score (nSPS) is 10.7. The molecule has 0 atom stereocenters. The van der Waals surface area contributed by atoms with Gasteiger partial charge in [0.2, 0.25) is 0 Å². The summed E-state index contributed by atoms with van der Waals surface area (Å²) in [5.41, 5.74) is 2.39. The molecule has 0 unspecified atom stereocenters. The fourth-order valence-corrected chi connectivity index (χ4v) is 1.96. The largest absolute Gasteiger partial charge is 0.495 e. The van der Waals surface area contributed by atoms with Gasteiger partial charge in [-0.15, -0.1) is 0 Å². The Morgan fingerprint density at radius 3 is 2.59 bits per heavy atom. The summed E-state index contributed by atoms with van der Waals surface area (Å²) in [6.45, 7) is 1.93. The average molecular weight is 292 g/mol. The molecule has 0 aliphatic rings. The summed E-state index contributed by atoms with van der Waals surface area (Å²) in [7, 11) is 1.54. The molecule has 1 N–H and O–H groups in total. The monoisotopic (exact) mass is 292 g/mol. The molecule has 22 heavy (non-hydrogen) atoms. The third kappa shape index (κ3) is 3.74. The Bertz CT molecular complexity index is 743. The van der Waals surface area contributed by atoms with Gasteiger partial charge in [-0.1, -0.05) is 36.4 Å². The van der Waals surface area contributed by atoms with Crippen molar-refractivity contribution in [2.24, 2.45) is 0 Å². The van der Waals surface area contributed by atoms with Crippen LogP contribution < -0.4 is 10.1 Å². The molecule has 0 radical (unpaired) electrons. The van der Waals surface area contributed by atoms with Gasteiger partial charge in [-0.05, 0) is 36.3 Å². The van der Waals surface area contributed by atoms with Gasteiger partial charge in [-0.3, -0.25) is 4.79 Å². The molecule has 0 bridgehead atoms. The number of rotatable bonds is 4. The smallest absolute Gasteiger partial charge is 0.266 e. The molecule has 0 aliphatic heterocycles. The lowest BCUT2D eigenvalue weighted by molar-refractivity contribution is -0.112. The van der Waals surface area contributed by atoms with Gasteiger partial charge in [0.15, 0.2) is 0 Å². The van der Waals surface area contributed by atoms with Gasteiger partial charge in [0.1, 0.15) is 17.4 Å². The van der Waals surface area contributed by atoms with Crippen molar-refractivity contribution in [3.63, 3.8) is 0 Å². The number of carbonyl (C=O) groups excluding carboxylic acids is 1. The second-order valence-corrected chi connectivity index (χ2v) is 4.74. The van der Waals surface area contributed by atoms with E-state index in [4.69, 9.17) is 4.74 Å². The van der Waals surface area contributed by atoms with Crippen molar-refractivity contribution >= 4 is 17.7 Å². The minimum absolute atomic E-state index is 0.0360. The van der Waals surface area contributed by atoms with Crippen molar-refractivity contribution in [3.05, 3.63) is 65.2 Å². The van der Waals surface area contributed by atoms with E-state index in [2.05, 4.69) is 5.32 Å². The van der Waals surface area contributed by atoms with Crippen LogP contribution in [0.2, 0.25) is 0 Å². The van der Waals surface area contributed by atoms with Gasteiger partial charge in [0.25, 0.3) is 5.91 Å². The van der Waals surface area contributed by atoms with E-state index in [9.17, 15) is 10.1 Å². The highest BCUT2D eigenvalue weighted by Gasteiger charge is 2.12. The van der Waals surface area contributed by atoms with Crippen LogP contribution in [-0.4, -0.2) is 13.0 Å². The lowest BCUT2D eigenvalue weighted by Crippen LogP contribution is -2.14. The van der Waals surface area contributed by atoms with E-state index >= 15 is 0 Å². The molecule has 0 fully saturated rings. The van der Waals surface area contributed by atoms with Crippen molar-refractivity contribution in [1.82, 2.24) is 0 Å². The number of methoxy groups -OCH3 is 1. The van der Waals surface area contributed by atoms with Crippen LogP contribution in [0.25, 0.3) is 6.08 Å². The first-order valence-corrected chi connectivity index (χ1v) is 6.77.